The van der Waals surface area contributed by atoms with Crippen molar-refractivity contribution in [2.24, 2.45) is 5.73 Å². The minimum atomic E-state index is -0.988. The van der Waals surface area contributed by atoms with Gasteiger partial charge < -0.3 is 15.2 Å². The third-order valence-corrected chi connectivity index (χ3v) is 2.73. The average Bonchev–Trinajstić information content (AvgIpc) is 2.14. The Morgan fingerprint density at radius 2 is 1.88 bits per heavy atom. The van der Waals surface area contributed by atoms with Crippen LogP contribution in [0.1, 0.15) is 47.5 Å². The molecule has 0 rings (SSSR count). The summed E-state index contributed by atoms with van der Waals surface area (Å²) in [4.78, 5) is 11.4. The summed E-state index contributed by atoms with van der Waals surface area (Å²) >= 11 is 0. The van der Waals surface area contributed by atoms with Gasteiger partial charge in [-0.15, -0.1) is 0 Å². The van der Waals surface area contributed by atoms with E-state index in [9.17, 15) is 4.79 Å². The van der Waals surface area contributed by atoms with Crippen LogP contribution in [0.3, 0.4) is 0 Å². The fraction of sp³-hybridized carbons (Fsp3) is 0.917. The number of rotatable bonds is 6. The Kier molecular flexibility index (Phi) is 5.42. The van der Waals surface area contributed by atoms with Crippen molar-refractivity contribution in [2.45, 2.75) is 64.7 Å². The number of methoxy groups -OCH3 is 1. The van der Waals surface area contributed by atoms with Crippen molar-refractivity contribution in [1.82, 2.24) is 0 Å². The van der Waals surface area contributed by atoms with Crippen LogP contribution in [-0.2, 0) is 14.3 Å². The van der Waals surface area contributed by atoms with Gasteiger partial charge in [-0.25, -0.2) is 0 Å². The molecule has 0 aliphatic carbocycles. The zero-order chi connectivity index (χ0) is 13.0. The molecule has 0 saturated heterocycles. The molecular formula is C12H25NO3. The van der Waals surface area contributed by atoms with Crippen molar-refractivity contribution in [3.05, 3.63) is 0 Å². The molecule has 4 nitrogen and oxygen atoms in total. The van der Waals surface area contributed by atoms with Crippen molar-refractivity contribution in [1.29, 1.82) is 0 Å². The Hall–Kier alpha value is -0.610. The number of carbonyl (C=O) groups is 1. The zero-order valence-corrected chi connectivity index (χ0v) is 11.3. The number of hydrogen-bond acceptors (Lipinski definition) is 4. The maximum absolute atomic E-state index is 11.4. The first-order valence-electron chi connectivity index (χ1n) is 5.69. The van der Waals surface area contributed by atoms with Crippen LogP contribution in [0.4, 0.5) is 0 Å². The normalized spacial score (nSPS) is 17.7. The van der Waals surface area contributed by atoms with Crippen molar-refractivity contribution < 1.29 is 14.3 Å². The Bertz CT molecular complexity index is 236. The van der Waals surface area contributed by atoms with Gasteiger partial charge >= 0.3 is 5.97 Å². The summed E-state index contributed by atoms with van der Waals surface area (Å²) in [7, 11) is 1.34. The third kappa shape index (κ3) is 4.94. The first kappa shape index (κ1) is 15.4. The van der Waals surface area contributed by atoms with Gasteiger partial charge in [-0.2, -0.15) is 0 Å². The summed E-state index contributed by atoms with van der Waals surface area (Å²) in [5.74, 6) is -0.405. The van der Waals surface area contributed by atoms with Crippen LogP contribution in [0.25, 0.3) is 0 Å². The van der Waals surface area contributed by atoms with E-state index in [0.717, 1.165) is 6.42 Å². The van der Waals surface area contributed by atoms with Crippen molar-refractivity contribution >= 4 is 5.97 Å². The molecule has 0 radical (unpaired) electrons. The molecule has 2 N–H and O–H groups in total. The number of nitrogens with two attached hydrogens (primary N) is 1. The van der Waals surface area contributed by atoms with Crippen molar-refractivity contribution in [3.63, 3.8) is 0 Å². The van der Waals surface area contributed by atoms with Crippen LogP contribution in [0.5, 0.6) is 0 Å². The van der Waals surface area contributed by atoms with Gasteiger partial charge in [0.2, 0.25) is 0 Å². The number of carbonyl (C=O) groups excluding carboxylic acids is 1. The van der Waals surface area contributed by atoms with Crippen LogP contribution in [0.15, 0.2) is 0 Å². The van der Waals surface area contributed by atoms with Crippen LogP contribution in [-0.4, -0.2) is 30.3 Å². The summed E-state index contributed by atoms with van der Waals surface area (Å²) in [6.07, 6.45) is 1.28. The SMILES string of the molecule is CCC(C)(C)OC(C)CC(C)(N)C(=O)OC. The molecular weight excluding hydrogens is 206 g/mol. The molecule has 0 aromatic rings. The lowest BCUT2D eigenvalue weighted by Gasteiger charge is -2.31. The highest BCUT2D eigenvalue weighted by molar-refractivity contribution is 5.79. The molecule has 0 bridgehead atoms. The molecule has 0 aliphatic heterocycles. The fourth-order valence-electron chi connectivity index (χ4n) is 1.58. The molecule has 4 heteroatoms. The topological polar surface area (TPSA) is 61.5 Å². The second-order valence-electron chi connectivity index (χ2n) is 5.15. The Morgan fingerprint density at radius 1 is 1.38 bits per heavy atom. The molecule has 0 heterocycles. The molecule has 0 fully saturated rings. The van der Waals surface area contributed by atoms with Gasteiger partial charge in [-0.3, -0.25) is 4.79 Å². The summed E-state index contributed by atoms with van der Waals surface area (Å²) in [5.41, 5.74) is 4.70. The summed E-state index contributed by atoms with van der Waals surface area (Å²) < 4.78 is 10.5. The third-order valence-electron chi connectivity index (χ3n) is 2.73. The lowest BCUT2D eigenvalue weighted by Crippen LogP contribution is -2.49. The predicted molar refractivity (Wildman–Crippen MR) is 64.1 cm³/mol. The smallest absolute Gasteiger partial charge is 0.325 e. The lowest BCUT2D eigenvalue weighted by molar-refractivity contribution is -0.149. The van der Waals surface area contributed by atoms with Crippen molar-refractivity contribution in [2.75, 3.05) is 7.11 Å². The maximum atomic E-state index is 11.4. The molecule has 0 aromatic heterocycles. The van der Waals surface area contributed by atoms with Crippen molar-refractivity contribution in [3.8, 4) is 0 Å². The molecule has 0 saturated carbocycles. The van der Waals surface area contributed by atoms with Gasteiger partial charge in [-0.05, 0) is 34.1 Å². The highest BCUT2D eigenvalue weighted by Gasteiger charge is 2.33. The van der Waals surface area contributed by atoms with Crippen LogP contribution in [0, 0.1) is 0 Å². The first-order chi connectivity index (χ1) is 7.14. The molecule has 0 spiro atoms. The molecule has 0 amide bonds. The average molecular weight is 231 g/mol. The second kappa shape index (κ2) is 5.64. The quantitative estimate of drug-likeness (QED) is 0.709. The number of ether oxygens (including phenoxy) is 2. The van der Waals surface area contributed by atoms with E-state index >= 15 is 0 Å². The molecule has 2 unspecified atom stereocenters. The minimum absolute atomic E-state index is 0.0796. The van der Waals surface area contributed by atoms with E-state index < -0.39 is 11.5 Å². The number of esters is 1. The highest BCUT2D eigenvalue weighted by atomic mass is 16.5. The Balaban J connectivity index is 4.34. The van der Waals surface area contributed by atoms with E-state index in [1.165, 1.54) is 7.11 Å². The van der Waals surface area contributed by atoms with E-state index in [2.05, 4.69) is 11.7 Å². The first-order valence-corrected chi connectivity index (χ1v) is 5.69. The Morgan fingerprint density at radius 3 is 2.25 bits per heavy atom. The van der Waals surface area contributed by atoms with E-state index in [4.69, 9.17) is 10.5 Å². The van der Waals surface area contributed by atoms with Crippen LogP contribution >= 0.6 is 0 Å². The predicted octanol–water partition coefficient (Wildman–Crippen LogP) is 1.86. The standard InChI is InChI=1S/C12H25NO3/c1-7-11(3,4)16-9(2)8-12(5,13)10(14)15-6/h9H,7-8,13H2,1-6H3. The maximum Gasteiger partial charge on any atom is 0.325 e. The van der Waals surface area contributed by atoms with E-state index in [1.54, 1.807) is 6.92 Å². The summed E-state index contributed by atoms with van der Waals surface area (Å²) in [5, 5.41) is 0. The van der Waals surface area contributed by atoms with Gasteiger partial charge in [0.25, 0.3) is 0 Å². The Labute approximate surface area is 98.5 Å². The van der Waals surface area contributed by atoms with Crippen LogP contribution < -0.4 is 5.73 Å². The van der Waals surface area contributed by atoms with Gasteiger partial charge in [0, 0.05) is 6.42 Å². The number of hydrogen-bond donors (Lipinski definition) is 1. The largest absolute Gasteiger partial charge is 0.468 e. The van der Waals surface area contributed by atoms with Gasteiger partial charge in [0.1, 0.15) is 5.54 Å². The molecule has 2 atom stereocenters. The summed E-state index contributed by atoms with van der Waals surface area (Å²) in [6, 6.07) is 0. The molecule has 16 heavy (non-hydrogen) atoms. The monoisotopic (exact) mass is 231 g/mol. The van der Waals surface area contributed by atoms with E-state index in [0.29, 0.717) is 6.42 Å². The summed E-state index contributed by atoms with van der Waals surface area (Å²) in [6.45, 7) is 9.70. The zero-order valence-electron chi connectivity index (χ0n) is 11.3. The molecule has 0 aromatic carbocycles. The van der Waals surface area contributed by atoms with Gasteiger partial charge in [0.05, 0.1) is 18.8 Å². The minimum Gasteiger partial charge on any atom is -0.468 e. The van der Waals surface area contributed by atoms with Crippen LogP contribution in [0.2, 0.25) is 0 Å². The second-order valence-corrected chi connectivity index (χ2v) is 5.15. The van der Waals surface area contributed by atoms with Gasteiger partial charge in [-0.1, -0.05) is 6.92 Å². The van der Waals surface area contributed by atoms with E-state index in [-0.39, 0.29) is 11.7 Å². The van der Waals surface area contributed by atoms with E-state index in [1.807, 2.05) is 20.8 Å². The fourth-order valence-corrected chi connectivity index (χ4v) is 1.58. The molecule has 96 valence electrons. The van der Waals surface area contributed by atoms with Gasteiger partial charge in [0.15, 0.2) is 0 Å². The molecule has 0 aliphatic rings. The lowest BCUT2D eigenvalue weighted by atomic mass is 9.95. The highest BCUT2D eigenvalue weighted by Crippen LogP contribution is 2.21.